The molecule has 0 bridgehead atoms. The molecule has 1 rings (SSSR count). The number of esters is 3. The van der Waals surface area contributed by atoms with Crippen LogP contribution in [0.4, 0.5) is 4.79 Å². The van der Waals surface area contributed by atoms with Crippen molar-refractivity contribution >= 4 is 24.1 Å². The number of unbranched alkanes of at least 4 members (excludes halogenated alkanes) is 2. The normalized spacial score (nSPS) is 11.3. The molecule has 1 aromatic rings. The number of hydrogen-bond acceptors (Lipinski definition) is 10. The van der Waals surface area contributed by atoms with Gasteiger partial charge in [-0.3, -0.25) is 14.4 Å². The molecule has 0 aromatic heterocycles. The van der Waals surface area contributed by atoms with E-state index in [-0.39, 0.29) is 50.5 Å². The highest BCUT2D eigenvalue weighted by molar-refractivity contribution is 5.77. The van der Waals surface area contributed by atoms with Crippen molar-refractivity contribution in [1.29, 1.82) is 0 Å². The van der Waals surface area contributed by atoms with Crippen molar-refractivity contribution in [3.63, 3.8) is 0 Å². The summed E-state index contributed by atoms with van der Waals surface area (Å²) in [6, 6.07) is 4.04. The quantitative estimate of drug-likeness (QED) is 0.186. The van der Waals surface area contributed by atoms with Crippen LogP contribution in [0, 0.1) is 0 Å². The number of nitrogens with one attached hydrogen (secondary N) is 1. The molecule has 0 heterocycles. The Hall–Kier alpha value is -3.14. The van der Waals surface area contributed by atoms with Crippen LogP contribution in [-0.2, 0) is 35.0 Å². The number of methoxy groups -OCH3 is 1. The van der Waals surface area contributed by atoms with Crippen LogP contribution in [0.15, 0.2) is 18.2 Å². The van der Waals surface area contributed by atoms with Gasteiger partial charge in [-0.15, -0.1) is 0 Å². The van der Waals surface area contributed by atoms with Crippen molar-refractivity contribution in [2.24, 2.45) is 0 Å². The van der Waals surface area contributed by atoms with Gasteiger partial charge in [0, 0.05) is 19.4 Å². The van der Waals surface area contributed by atoms with Gasteiger partial charge in [0.15, 0.2) is 11.5 Å². The maximum Gasteiger partial charge on any atom is 0.508 e. The number of hydrogen-bond donors (Lipinski definition) is 1. The molecule has 10 heteroatoms. The lowest BCUT2D eigenvalue weighted by atomic mass is 10.1. The molecule has 0 saturated heterocycles. The SMILES string of the molecule is CCCCC(=O)Oc1ccc(C[C@H](NCCOC(=O)OCCC)C(=O)OC)cc1OC(=O)CCCC. The monoisotopic (exact) mass is 509 g/mol. The molecule has 0 saturated carbocycles. The van der Waals surface area contributed by atoms with Gasteiger partial charge in [-0.1, -0.05) is 39.7 Å². The molecule has 1 aromatic carbocycles. The minimum atomic E-state index is -0.771. The Labute approximate surface area is 212 Å². The molecule has 0 spiro atoms. The molecule has 10 nitrogen and oxygen atoms in total. The molecule has 0 aliphatic carbocycles. The van der Waals surface area contributed by atoms with Crippen LogP contribution in [0.1, 0.15) is 71.3 Å². The van der Waals surface area contributed by atoms with Crippen molar-refractivity contribution in [1.82, 2.24) is 5.32 Å². The smallest absolute Gasteiger partial charge is 0.468 e. The van der Waals surface area contributed by atoms with Gasteiger partial charge in [-0.2, -0.15) is 0 Å². The Morgan fingerprint density at radius 2 is 1.44 bits per heavy atom. The fraction of sp³-hybridized carbons (Fsp3) is 0.615. The van der Waals surface area contributed by atoms with Gasteiger partial charge in [-0.25, -0.2) is 4.79 Å². The summed E-state index contributed by atoms with van der Waals surface area (Å²) in [5.74, 6) is -1.10. The summed E-state index contributed by atoms with van der Waals surface area (Å²) in [5.41, 5.74) is 0.646. The van der Waals surface area contributed by atoms with Gasteiger partial charge in [0.25, 0.3) is 0 Å². The highest BCUT2D eigenvalue weighted by Crippen LogP contribution is 2.30. The van der Waals surface area contributed by atoms with Crippen LogP contribution < -0.4 is 14.8 Å². The van der Waals surface area contributed by atoms with E-state index in [9.17, 15) is 19.2 Å². The van der Waals surface area contributed by atoms with E-state index in [0.717, 1.165) is 12.8 Å². The van der Waals surface area contributed by atoms with Crippen molar-refractivity contribution in [3.8, 4) is 11.5 Å². The molecule has 0 radical (unpaired) electrons. The number of benzene rings is 1. The Morgan fingerprint density at radius 1 is 0.833 bits per heavy atom. The lowest BCUT2D eigenvalue weighted by Crippen LogP contribution is -2.41. The first kappa shape index (κ1) is 30.9. The predicted octanol–water partition coefficient (Wildman–Crippen LogP) is 4.11. The Balaban J connectivity index is 2.92. The Bertz CT molecular complexity index is 841. The first-order valence-electron chi connectivity index (χ1n) is 12.5. The van der Waals surface area contributed by atoms with E-state index >= 15 is 0 Å². The predicted molar refractivity (Wildman–Crippen MR) is 132 cm³/mol. The second kappa shape index (κ2) is 18.2. The third-order valence-corrected chi connectivity index (χ3v) is 4.99. The van der Waals surface area contributed by atoms with Crippen LogP contribution in [0.25, 0.3) is 0 Å². The summed E-state index contributed by atoms with van der Waals surface area (Å²) in [5, 5.41) is 2.99. The van der Waals surface area contributed by atoms with Gasteiger partial charge in [-0.05, 0) is 43.4 Å². The van der Waals surface area contributed by atoms with E-state index in [2.05, 4.69) is 5.32 Å². The second-order valence-corrected chi connectivity index (χ2v) is 8.12. The lowest BCUT2D eigenvalue weighted by Gasteiger charge is -2.18. The van der Waals surface area contributed by atoms with Gasteiger partial charge >= 0.3 is 24.1 Å². The molecule has 1 atom stereocenters. The van der Waals surface area contributed by atoms with Crippen molar-refractivity contribution in [2.45, 2.75) is 78.2 Å². The van der Waals surface area contributed by atoms with Crippen molar-refractivity contribution < 1.29 is 42.9 Å². The van der Waals surface area contributed by atoms with Gasteiger partial charge in [0.1, 0.15) is 12.6 Å². The van der Waals surface area contributed by atoms with Crippen LogP contribution in [-0.4, -0.2) is 57.0 Å². The van der Waals surface area contributed by atoms with E-state index in [1.54, 1.807) is 18.2 Å². The standard InChI is InChI=1S/C26H39NO9/c1-5-8-10-23(28)35-21-13-12-19(18-22(21)36-24(29)11-9-6-2)17-20(25(30)32-4)27-14-16-34-26(31)33-15-7-3/h12-13,18,20,27H,5-11,14-17H2,1-4H3/t20-/m0/s1. The first-order chi connectivity index (χ1) is 17.3. The van der Waals surface area contributed by atoms with Crippen LogP contribution in [0.2, 0.25) is 0 Å². The number of carbonyl (C=O) groups is 4. The number of ether oxygens (including phenoxy) is 5. The molecule has 202 valence electrons. The fourth-order valence-corrected chi connectivity index (χ4v) is 3.04. The highest BCUT2D eigenvalue weighted by Gasteiger charge is 2.21. The highest BCUT2D eigenvalue weighted by atomic mass is 16.7. The Kier molecular flexibility index (Phi) is 15.6. The molecule has 36 heavy (non-hydrogen) atoms. The summed E-state index contributed by atoms with van der Waals surface area (Å²) >= 11 is 0. The summed E-state index contributed by atoms with van der Waals surface area (Å²) in [4.78, 5) is 48.2. The van der Waals surface area contributed by atoms with Gasteiger partial charge < -0.3 is 29.0 Å². The fourth-order valence-electron chi connectivity index (χ4n) is 3.04. The number of carbonyl (C=O) groups excluding carboxylic acids is 4. The topological polar surface area (TPSA) is 126 Å². The zero-order valence-corrected chi connectivity index (χ0v) is 21.8. The third kappa shape index (κ3) is 12.5. The van der Waals surface area contributed by atoms with Gasteiger partial charge in [0.05, 0.1) is 13.7 Å². The van der Waals surface area contributed by atoms with Crippen molar-refractivity contribution in [2.75, 3.05) is 26.9 Å². The molecule has 1 N–H and O–H groups in total. The Morgan fingerprint density at radius 3 is 2.03 bits per heavy atom. The number of rotatable bonds is 17. The van der Waals surface area contributed by atoms with E-state index in [4.69, 9.17) is 23.7 Å². The summed E-state index contributed by atoms with van der Waals surface area (Å²) < 4.78 is 25.6. The third-order valence-electron chi connectivity index (χ3n) is 4.99. The average molecular weight is 510 g/mol. The molecular weight excluding hydrogens is 470 g/mol. The van der Waals surface area contributed by atoms with Crippen LogP contribution >= 0.6 is 0 Å². The maximum absolute atomic E-state index is 12.3. The second-order valence-electron chi connectivity index (χ2n) is 8.12. The molecule has 0 aliphatic rings. The molecule has 0 aliphatic heterocycles. The van der Waals surface area contributed by atoms with Crippen LogP contribution in [0.5, 0.6) is 11.5 Å². The largest absolute Gasteiger partial charge is 0.508 e. The van der Waals surface area contributed by atoms with E-state index in [1.165, 1.54) is 7.11 Å². The van der Waals surface area contributed by atoms with Crippen molar-refractivity contribution in [3.05, 3.63) is 23.8 Å². The van der Waals surface area contributed by atoms with Gasteiger partial charge in [0.2, 0.25) is 0 Å². The van der Waals surface area contributed by atoms with E-state index < -0.39 is 30.1 Å². The average Bonchev–Trinajstić information content (AvgIpc) is 2.87. The first-order valence-corrected chi connectivity index (χ1v) is 12.5. The molecule has 0 amide bonds. The molecular formula is C26H39NO9. The minimum absolute atomic E-state index is 0.00296. The molecule has 0 unspecified atom stereocenters. The molecule has 0 fully saturated rings. The summed E-state index contributed by atoms with van der Waals surface area (Å²) in [6.45, 7) is 6.27. The lowest BCUT2D eigenvalue weighted by molar-refractivity contribution is -0.143. The summed E-state index contributed by atoms with van der Waals surface area (Å²) in [7, 11) is 1.27. The zero-order valence-electron chi connectivity index (χ0n) is 21.8. The maximum atomic E-state index is 12.3. The summed E-state index contributed by atoms with van der Waals surface area (Å²) in [6.07, 6.45) is 3.63. The van der Waals surface area contributed by atoms with Crippen LogP contribution in [0.3, 0.4) is 0 Å². The zero-order chi connectivity index (χ0) is 26.8. The minimum Gasteiger partial charge on any atom is -0.468 e. The van der Waals surface area contributed by atoms with E-state index in [1.807, 2.05) is 20.8 Å². The van der Waals surface area contributed by atoms with E-state index in [0.29, 0.717) is 24.8 Å².